The van der Waals surface area contributed by atoms with E-state index in [-0.39, 0.29) is 5.91 Å². The SMILES string of the molecule is Cc1ccc(NC(=O)c2nn(-c3ccccc3)c3c2CCC3)c(C)c1. The summed E-state index contributed by atoms with van der Waals surface area (Å²) in [6.07, 6.45) is 2.95. The Balaban J connectivity index is 1.70. The van der Waals surface area contributed by atoms with Crippen molar-refractivity contribution >= 4 is 11.6 Å². The van der Waals surface area contributed by atoms with E-state index >= 15 is 0 Å². The normalized spacial score (nSPS) is 12.9. The van der Waals surface area contributed by atoms with Crippen LogP contribution in [-0.4, -0.2) is 15.7 Å². The quantitative estimate of drug-likeness (QED) is 0.781. The van der Waals surface area contributed by atoms with Gasteiger partial charge in [-0.25, -0.2) is 4.68 Å². The third-order valence-corrected chi connectivity index (χ3v) is 4.78. The molecule has 4 rings (SSSR count). The monoisotopic (exact) mass is 331 g/mol. The third kappa shape index (κ3) is 2.84. The van der Waals surface area contributed by atoms with Gasteiger partial charge in [0.25, 0.3) is 5.91 Å². The molecule has 0 atom stereocenters. The van der Waals surface area contributed by atoms with Crippen LogP contribution in [0.2, 0.25) is 0 Å². The summed E-state index contributed by atoms with van der Waals surface area (Å²) in [4.78, 5) is 12.9. The van der Waals surface area contributed by atoms with Crippen molar-refractivity contribution in [2.45, 2.75) is 33.1 Å². The third-order valence-electron chi connectivity index (χ3n) is 4.78. The first kappa shape index (κ1) is 15.6. The average Bonchev–Trinajstić information content (AvgIpc) is 3.20. The minimum Gasteiger partial charge on any atom is -0.320 e. The molecule has 126 valence electrons. The molecule has 0 fully saturated rings. The summed E-state index contributed by atoms with van der Waals surface area (Å²) in [5.41, 5.74) is 6.90. The number of benzene rings is 2. The van der Waals surface area contributed by atoms with Crippen LogP contribution in [0.3, 0.4) is 0 Å². The van der Waals surface area contributed by atoms with Gasteiger partial charge in [0.2, 0.25) is 0 Å². The topological polar surface area (TPSA) is 46.9 Å². The zero-order valence-electron chi connectivity index (χ0n) is 14.5. The van der Waals surface area contributed by atoms with E-state index in [9.17, 15) is 4.79 Å². The van der Waals surface area contributed by atoms with Crippen molar-refractivity contribution in [1.82, 2.24) is 9.78 Å². The van der Waals surface area contributed by atoms with Crippen molar-refractivity contribution in [3.05, 3.63) is 76.6 Å². The molecule has 0 radical (unpaired) electrons. The Morgan fingerprint density at radius 1 is 1.08 bits per heavy atom. The summed E-state index contributed by atoms with van der Waals surface area (Å²) in [7, 11) is 0. The van der Waals surface area contributed by atoms with Crippen LogP contribution in [0.25, 0.3) is 5.69 Å². The molecule has 1 N–H and O–H groups in total. The molecule has 0 spiro atoms. The fourth-order valence-corrected chi connectivity index (χ4v) is 3.54. The van der Waals surface area contributed by atoms with Gasteiger partial charge in [0.15, 0.2) is 5.69 Å². The summed E-state index contributed by atoms with van der Waals surface area (Å²) >= 11 is 0. The molecule has 1 aliphatic carbocycles. The minimum atomic E-state index is -0.125. The highest BCUT2D eigenvalue weighted by Gasteiger charge is 2.27. The van der Waals surface area contributed by atoms with Crippen LogP contribution in [0.1, 0.15) is 39.3 Å². The van der Waals surface area contributed by atoms with E-state index in [0.717, 1.165) is 47.5 Å². The number of para-hydroxylation sites is 1. The molecule has 4 nitrogen and oxygen atoms in total. The van der Waals surface area contributed by atoms with Crippen molar-refractivity contribution in [3.8, 4) is 5.69 Å². The number of carbonyl (C=O) groups excluding carboxylic acids is 1. The Kier molecular flexibility index (Phi) is 3.88. The molecule has 0 unspecified atom stereocenters. The number of nitrogens with zero attached hydrogens (tertiary/aromatic N) is 2. The fourth-order valence-electron chi connectivity index (χ4n) is 3.54. The number of nitrogens with one attached hydrogen (secondary N) is 1. The second kappa shape index (κ2) is 6.20. The smallest absolute Gasteiger partial charge is 0.276 e. The van der Waals surface area contributed by atoms with E-state index < -0.39 is 0 Å². The number of hydrogen-bond donors (Lipinski definition) is 1. The number of hydrogen-bond acceptors (Lipinski definition) is 2. The Bertz CT molecular complexity index is 941. The minimum absolute atomic E-state index is 0.125. The largest absolute Gasteiger partial charge is 0.320 e. The second-order valence-electron chi connectivity index (χ2n) is 6.65. The number of amides is 1. The standard InChI is InChI=1S/C21H21N3O/c1-14-11-12-18(15(2)13-14)22-21(25)20-17-9-6-10-19(17)24(23-20)16-7-4-3-5-8-16/h3-5,7-8,11-13H,6,9-10H2,1-2H3,(H,22,25). The number of aryl methyl sites for hydroxylation is 2. The summed E-state index contributed by atoms with van der Waals surface area (Å²) in [5.74, 6) is -0.125. The molecule has 0 aliphatic heterocycles. The van der Waals surface area contributed by atoms with Crippen molar-refractivity contribution < 1.29 is 4.79 Å². The van der Waals surface area contributed by atoms with Gasteiger partial charge in [-0.2, -0.15) is 5.10 Å². The summed E-state index contributed by atoms with van der Waals surface area (Å²) in [5, 5.41) is 7.68. The highest BCUT2D eigenvalue weighted by atomic mass is 16.2. The van der Waals surface area contributed by atoms with Crippen LogP contribution >= 0.6 is 0 Å². The van der Waals surface area contributed by atoms with Gasteiger partial charge in [0.05, 0.1) is 5.69 Å². The molecule has 1 aromatic heterocycles. The molecule has 0 saturated heterocycles. The Morgan fingerprint density at radius 2 is 1.88 bits per heavy atom. The molecule has 1 heterocycles. The van der Waals surface area contributed by atoms with E-state index in [1.165, 1.54) is 5.56 Å². The van der Waals surface area contributed by atoms with Crippen LogP contribution in [0, 0.1) is 13.8 Å². The van der Waals surface area contributed by atoms with Gasteiger partial charge in [-0.1, -0.05) is 35.9 Å². The van der Waals surface area contributed by atoms with Gasteiger partial charge in [-0.15, -0.1) is 0 Å². The van der Waals surface area contributed by atoms with Gasteiger partial charge >= 0.3 is 0 Å². The highest BCUT2D eigenvalue weighted by Crippen LogP contribution is 2.28. The zero-order chi connectivity index (χ0) is 17.4. The van der Waals surface area contributed by atoms with Crippen molar-refractivity contribution in [2.24, 2.45) is 0 Å². The van der Waals surface area contributed by atoms with Gasteiger partial charge in [-0.05, 0) is 56.9 Å². The highest BCUT2D eigenvalue weighted by molar-refractivity contribution is 6.04. The maximum absolute atomic E-state index is 12.9. The predicted octanol–water partition coefficient (Wildman–Crippen LogP) is 4.23. The molecule has 3 aromatic rings. The number of anilines is 1. The number of rotatable bonds is 3. The van der Waals surface area contributed by atoms with E-state index in [0.29, 0.717) is 5.69 Å². The van der Waals surface area contributed by atoms with Crippen LogP contribution in [-0.2, 0) is 12.8 Å². The second-order valence-corrected chi connectivity index (χ2v) is 6.65. The number of carbonyl (C=O) groups is 1. The van der Waals surface area contributed by atoms with Crippen LogP contribution in [0.4, 0.5) is 5.69 Å². The van der Waals surface area contributed by atoms with Gasteiger partial charge in [0, 0.05) is 16.9 Å². The van der Waals surface area contributed by atoms with Gasteiger partial charge in [-0.3, -0.25) is 4.79 Å². The lowest BCUT2D eigenvalue weighted by Crippen LogP contribution is -2.15. The fraction of sp³-hybridized carbons (Fsp3) is 0.238. The predicted molar refractivity (Wildman–Crippen MR) is 99.5 cm³/mol. The van der Waals surface area contributed by atoms with Crippen molar-refractivity contribution in [3.63, 3.8) is 0 Å². The maximum atomic E-state index is 12.9. The van der Waals surface area contributed by atoms with E-state index in [2.05, 4.69) is 16.5 Å². The summed E-state index contributed by atoms with van der Waals surface area (Å²) < 4.78 is 1.93. The van der Waals surface area contributed by atoms with E-state index in [1.54, 1.807) is 0 Å². The number of aromatic nitrogens is 2. The molecular weight excluding hydrogens is 310 g/mol. The van der Waals surface area contributed by atoms with E-state index in [1.807, 2.05) is 61.0 Å². The summed E-state index contributed by atoms with van der Waals surface area (Å²) in [6, 6.07) is 16.1. The van der Waals surface area contributed by atoms with Crippen LogP contribution in [0.5, 0.6) is 0 Å². The molecule has 2 aromatic carbocycles. The Labute approximate surface area is 147 Å². The van der Waals surface area contributed by atoms with Crippen LogP contribution < -0.4 is 5.32 Å². The maximum Gasteiger partial charge on any atom is 0.276 e. The molecule has 0 bridgehead atoms. The van der Waals surface area contributed by atoms with Gasteiger partial charge < -0.3 is 5.32 Å². The first-order valence-corrected chi connectivity index (χ1v) is 8.68. The zero-order valence-corrected chi connectivity index (χ0v) is 14.5. The first-order chi connectivity index (χ1) is 12.1. The lowest BCUT2D eigenvalue weighted by atomic mass is 10.1. The first-order valence-electron chi connectivity index (χ1n) is 8.68. The molecule has 1 aliphatic rings. The molecule has 0 saturated carbocycles. The van der Waals surface area contributed by atoms with Gasteiger partial charge in [0.1, 0.15) is 0 Å². The average molecular weight is 331 g/mol. The van der Waals surface area contributed by atoms with Crippen molar-refractivity contribution in [2.75, 3.05) is 5.32 Å². The van der Waals surface area contributed by atoms with Crippen LogP contribution in [0.15, 0.2) is 48.5 Å². The lowest BCUT2D eigenvalue weighted by Gasteiger charge is -2.08. The molecule has 1 amide bonds. The lowest BCUT2D eigenvalue weighted by molar-refractivity contribution is 0.102. The Morgan fingerprint density at radius 3 is 2.64 bits per heavy atom. The molecule has 4 heteroatoms. The van der Waals surface area contributed by atoms with E-state index in [4.69, 9.17) is 0 Å². The summed E-state index contributed by atoms with van der Waals surface area (Å²) in [6.45, 7) is 4.06. The number of fused-ring (bicyclic) bond motifs is 1. The molecular formula is C21H21N3O. The Hall–Kier alpha value is -2.88. The van der Waals surface area contributed by atoms with Crippen molar-refractivity contribution in [1.29, 1.82) is 0 Å². The molecule has 25 heavy (non-hydrogen) atoms.